The lowest BCUT2D eigenvalue weighted by atomic mass is 10.2. The number of halogens is 2. The molecule has 0 aliphatic rings. The van der Waals surface area contributed by atoms with Crippen LogP contribution in [0.2, 0.25) is 5.02 Å². The van der Waals surface area contributed by atoms with E-state index in [2.05, 4.69) is 15.8 Å². The van der Waals surface area contributed by atoms with Gasteiger partial charge in [-0.05, 0) is 18.2 Å². The summed E-state index contributed by atoms with van der Waals surface area (Å²) < 4.78 is 13.4. The highest BCUT2D eigenvalue weighted by Gasteiger charge is 2.10. The molecule has 2 rings (SSSR count). The molecule has 0 unspecified atom stereocenters. The highest BCUT2D eigenvalue weighted by molar-refractivity contribution is 6.33. The summed E-state index contributed by atoms with van der Waals surface area (Å²) in [6, 6.07) is 12.7. The largest absolute Gasteiger partial charge is 0.351 e. The quantitative estimate of drug-likeness (QED) is 0.623. The number of benzene rings is 2. The maximum atomic E-state index is 13.4. The van der Waals surface area contributed by atoms with Crippen LogP contribution in [0, 0.1) is 5.82 Å². The van der Waals surface area contributed by atoms with Crippen molar-refractivity contribution in [3.05, 3.63) is 70.5 Å². The number of nitrogens with zero attached hydrogens (tertiary/aromatic N) is 1. The van der Waals surface area contributed by atoms with Crippen LogP contribution in [-0.2, 0) is 4.79 Å². The standard InChI is InChI=1S/C17H15ClFN3O2/c18-14-7-3-1-5-12(14)11-21-22-16(23)9-10-20-17(24)13-6-2-4-8-15(13)19/h1-8,11H,9-10H2,(H,20,24)(H,22,23). The summed E-state index contributed by atoms with van der Waals surface area (Å²) in [4.78, 5) is 23.4. The van der Waals surface area contributed by atoms with E-state index in [9.17, 15) is 14.0 Å². The van der Waals surface area contributed by atoms with Gasteiger partial charge in [0, 0.05) is 23.6 Å². The van der Waals surface area contributed by atoms with Crippen LogP contribution in [0.15, 0.2) is 53.6 Å². The van der Waals surface area contributed by atoms with Crippen molar-refractivity contribution in [2.75, 3.05) is 6.54 Å². The van der Waals surface area contributed by atoms with E-state index in [-0.39, 0.29) is 24.4 Å². The van der Waals surface area contributed by atoms with Gasteiger partial charge in [0.2, 0.25) is 5.91 Å². The number of rotatable bonds is 6. The lowest BCUT2D eigenvalue weighted by Crippen LogP contribution is -2.29. The van der Waals surface area contributed by atoms with E-state index in [1.165, 1.54) is 24.4 Å². The second-order valence-corrected chi connectivity index (χ2v) is 5.21. The Morgan fingerprint density at radius 3 is 2.58 bits per heavy atom. The molecule has 24 heavy (non-hydrogen) atoms. The number of hydrogen-bond acceptors (Lipinski definition) is 3. The van der Waals surface area contributed by atoms with Crippen LogP contribution in [0.25, 0.3) is 0 Å². The van der Waals surface area contributed by atoms with E-state index < -0.39 is 11.7 Å². The van der Waals surface area contributed by atoms with Crippen LogP contribution >= 0.6 is 11.6 Å². The summed E-state index contributed by atoms with van der Waals surface area (Å²) in [6.45, 7) is 0.0701. The van der Waals surface area contributed by atoms with Crippen LogP contribution < -0.4 is 10.7 Å². The minimum Gasteiger partial charge on any atom is -0.351 e. The Balaban J connectivity index is 1.75. The second kappa shape index (κ2) is 8.79. The zero-order valence-corrected chi connectivity index (χ0v) is 13.4. The SMILES string of the molecule is O=C(CCNC(=O)c1ccccc1F)NN=Cc1ccccc1Cl. The highest BCUT2D eigenvalue weighted by atomic mass is 35.5. The second-order valence-electron chi connectivity index (χ2n) is 4.80. The Hall–Kier alpha value is -2.73. The molecule has 0 atom stereocenters. The molecule has 7 heteroatoms. The summed E-state index contributed by atoms with van der Waals surface area (Å²) in [5.74, 6) is -1.56. The molecule has 0 saturated heterocycles. The molecule has 0 aliphatic carbocycles. The lowest BCUT2D eigenvalue weighted by molar-refractivity contribution is -0.120. The van der Waals surface area contributed by atoms with Crippen molar-refractivity contribution in [1.82, 2.24) is 10.7 Å². The molecule has 0 heterocycles. The first kappa shape index (κ1) is 17.6. The topological polar surface area (TPSA) is 70.6 Å². The van der Waals surface area contributed by atoms with Crippen molar-refractivity contribution in [2.24, 2.45) is 5.10 Å². The normalized spacial score (nSPS) is 10.6. The Kier molecular flexibility index (Phi) is 6.45. The number of hydrogen-bond donors (Lipinski definition) is 2. The summed E-state index contributed by atoms with van der Waals surface area (Å²) in [7, 11) is 0. The van der Waals surface area contributed by atoms with Crippen molar-refractivity contribution in [1.29, 1.82) is 0 Å². The van der Waals surface area contributed by atoms with Gasteiger partial charge in [0.15, 0.2) is 0 Å². The van der Waals surface area contributed by atoms with Crippen LogP contribution in [0.4, 0.5) is 4.39 Å². The maximum absolute atomic E-state index is 13.4. The van der Waals surface area contributed by atoms with E-state index in [1.54, 1.807) is 30.3 Å². The van der Waals surface area contributed by atoms with E-state index in [0.29, 0.717) is 10.6 Å². The molecule has 0 saturated carbocycles. The van der Waals surface area contributed by atoms with Crippen molar-refractivity contribution < 1.29 is 14.0 Å². The molecule has 2 aromatic rings. The molecule has 5 nitrogen and oxygen atoms in total. The van der Waals surface area contributed by atoms with Gasteiger partial charge in [0.25, 0.3) is 5.91 Å². The fourth-order valence-corrected chi connectivity index (χ4v) is 2.02. The summed E-state index contributed by atoms with van der Waals surface area (Å²) in [6.07, 6.45) is 1.44. The average molecular weight is 348 g/mol. The predicted molar refractivity (Wildman–Crippen MR) is 90.5 cm³/mol. The maximum Gasteiger partial charge on any atom is 0.254 e. The molecule has 0 spiro atoms. The van der Waals surface area contributed by atoms with Crippen molar-refractivity contribution >= 4 is 29.6 Å². The van der Waals surface area contributed by atoms with Crippen molar-refractivity contribution in [3.8, 4) is 0 Å². The van der Waals surface area contributed by atoms with E-state index >= 15 is 0 Å². The summed E-state index contributed by atoms with van der Waals surface area (Å²) >= 11 is 5.95. The first-order chi connectivity index (χ1) is 11.6. The number of amides is 2. The summed E-state index contributed by atoms with van der Waals surface area (Å²) in [5, 5.41) is 6.79. The van der Waals surface area contributed by atoms with Crippen LogP contribution in [0.5, 0.6) is 0 Å². The van der Waals surface area contributed by atoms with Gasteiger partial charge < -0.3 is 5.32 Å². The molecule has 0 aromatic heterocycles. The Morgan fingerprint density at radius 2 is 1.83 bits per heavy atom. The molecular weight excluding hydrogens is 333 g/mol. The van der Waals surface area contributed by atoms with Gasteiger partial charge in [0.05, 0.1) is 11.8 Å². The molecule has 2 aromatic carbocycles. The number of nitrogens with one attached hydrogen (secondary N) is 2. The average Bonchev–Trinajstić information content (AvgIpc) is 2.57. The van der Waals surface area contributed by atoms with Gasteiger partial charge in [-0.25, -0.2) is 9.82 Å². The Labute approximate surface area is 143 Å². The molecule has 0 fully saturated rings. The zero-order chi connectivity index (χ0) is 17.4. The monoisotopic (exact) mass is 347 g/mol. The smallest absolute Gasteiger partial charge is 0.254 e. The van der Waals surface area contributed by atoms with Crippen molar-refractivity contribution in [2.45, 2.75) is 6.42 Å². The van der Waals surface area contributed by atoms with Gasteiger partial charge in [-0.15, -0.1) is 0 Å². The molecule has 0 bridgehead atoms. The first-order valence-corrected chi connectivity index (χ1v) is 7.55. The van der Waals surface area contributed by atoms with E-state index in [0.717, 1.165) is 0 Å². The van der Waals surface area contributed by atoms with Gasteiger partial charge in [0.1, 0.15) is 5.82 Å². The van der Waals surface area contributed by atoms with Gasteiger partial charge in [-0.2, -0.15) is 5.10 Å². The van der Waals surface area contributed by atoms with Crippen LogP contribution in [-0.4, -0.2) is 24.6 Å². The molecule has 0 aliphatic heterocycles. The minimum atomic E-state index is -0.608. The highest BCUT2D eigenvalue weighted by Crippen LogP contribution is 2.12. The predicted octanol–water partition coefficient (Wildman–Crippen LogP) is 2.75. The number of hydrazone groups is 1. The fraction of sp³-hybridized carbons (Fsp3) is 0.118. The third-order valence-corrected chi connectivity index (χ3v) is 3.40. The third-order valence-electron chi connectivity index (χ3n) is 3.05. The third kappa shape index (κ3) is 5.17. The number of carbonyl (C=O) groups is 2. The first-order valence-electron chi connectivity index (χ1n) is 7.17. The van der Waals surface area contributed by atoms with Gasteiger partial charge >= 0.3 is 0 Å². The molecule has 2 N–H and O–H groups in total. The number of carbonyl (C=O) groups excluding carboxylic acids is 2. The lowest BCUT2D eigenvalue weighted by Gasteiger charge is -2.05. The van der Waals surface area contributed by atoms with E-state index in [1.807, 2.05) is 0 Å². The van der Waals surface area contributed by atoms with Crippen LogP contribution in [0.1, 0.15) is 22.3 Å². The Morgan fingerprint density at radius 1 is 1.12 bits per heavy atom. The molecule has 124 valence electrons. The molecule has 2 amide bonds. The zero-order valence-electron chi connectivity index (χ0n) is 12.6. The van der Waals surface area contributed by atoms with Gasteiger partial charge in [-0.3, -0.25) is 9.59 Å². The Bertz CT molecular complexity index is 765. The van der Waals surface area contributed by atoms with E-state index in [4.69, 9.17) is 11.6 Å². The minimum absolute atomic E-state index is 0.0139. The van der Waals surface area contributed by atoms with Crippen LogP contribution in [0.3, 0.4) is 0 Å². The summed E-state index contributed by atoms with van der Waals surface area (Å²) in [5.41, 5.74) is 2.94. The molecular formula is C17H15ClFN3O2. The van der Waals surface area contributed by atoms with Crippen molar-refractivity contribution in [3.63, 3.8) is 0 Å². The van der Waals surface area contributed by atoms with Gasteiger partial charge in [-0.1, -0.05) is 41.9 Å². The molecule has 0 radical (unpaired) electrons. The fourth-order valence-electron chi connectivity index (χ4n) is 1.84.